The van der Waals surface area contributed by atoms with E-state index in [1.54, 1.807) is 0 Å². The second-order valence-electron chi connectivity index (χ2n) is 3.74. The third-order valence-corrected chi connectivity index (χ3v) is 2.27. The first-order valence-corrected chi connectivity index (χ1v) is 5.70. The summed E-state index contributed by atoms with van der Waals surface area (Å²) in [6, 6.07) is 0. The number of carbonyl (C=O) groups excluding carboxylic acids is 1. The summed E-state index contributed by atoms with van der Waals surface area (Å²) in [7, 11) is 0. The molecule has 0 heterocycles. The Bertz CT molecular complexity index is 590. The minimum absolute atomic E-state index is 0.0230. The van der Waals surface area contributed by atoms with Crippen molar-refractivity contribution in [2.75, 3.05) is 13.3 Å². The van der Waals surface area contributed by atoms with Crippen molar-refractivity contribution >= 4 is 5.97 Å². The van der Waals surface area contributed by atoms with E-state index in [-0.39, 0.29) is 19.8 Å². The van der Waals surface area contributed by atoms with E-state index in [1.807, 2.05) is 0 Å². The average molecular weight is 325 g/mol. The van der Waals surface area contributed by atoms with E-state index in [0.717, 1.165) is 0 Å². The minimum atomic E-state index is -2.35. The van der Waals surface area contributed by atoms with Crippen molar-refractivity contribution in [3.8, 4) is 5.75 Å². The molecule has 0 aliphatic carbocycles. The molecule has 0 aliphatic rings. The highest BCUT2D eigenvalue weighted by Gasteiger charge is 2.28. The number of rotatable bonds is 7. The molecule has 1 aromatic rings. The molecule has 22 heavy (non-hydrogen) atoms. The summed E-state index contributed by atoms with van der Waals surface area (Å²) in [6.45, 7) is -0.311. The number of halogens is 5. The van der Waals surface area contributed by atoms with Gasteiger partial charge in [-0.1, -0.05) is 5.11 Å². The molecule has 0 saturated heterocycles. The maximum Gasteiger partial charge on any atom is 0.311 e. The monoisotopic (exact) mass is 325 g/mol. The quantitative estimate of drug-likeness (QED) is 0.0887. The summed E-state index contributed by atoms with van der Waals surface area (Å²) >= 11 is 0. The topological polar surface area (TPSA) is 84.3 Å². The van der Waals surface area contributed by atoms with Crippen LogP contribution in [-0.4, -0.2) is 19.3 Å². The minimum Gasteiger partial charge on any atom is -0.420 e. The van der Waals surface area contributed by atoms with Crippen LogP contribution in [-0.2, 0) is 9.53 Å². The predicted octanol–water partition coefficient (Wildman–Crippen LogP) is 3.35. The number of hydrogen-bond acceptors (Lipinski definition) is 4. The highest BCUT2D eigenvalue weighted by molar-refractivity contribution is 5.72. The van der Waals surface area contributed by atoms with E-state index in [0.29, 0.717) is 0 Å². The van der Waals surface area contributed by atoms with Gasteiger partial charge in [0.05, 0.1) is 0 Å². The lowest BCUT2D eigenvalue weighted by atomic mass is 10.2. The van der Waals surface area contributed by atoms with Gasteiger partial charge in [-0.15, -0.1) is 0 Å². The van der Waals surface area contributed by atoms with Gasteiger partial charge in [0.15, 0.2) is 0 Å². The second kappa shape index (κ2) is 8.15. The average Bonchev–Trinajstić information content (AvgIpc) is 2.51. The number of hydrogen-bond donors (Lipinski definition) is 0. The fourth-order valence-electron chi connectivity index (χ4n) is 1.29. The number of carbonyl (C=O) groups is 1. The van der Waals surface area contributed by atoms with Crippen LogP contribution in [0.5, 0.6) is 5.75 Å². The zero-order valence-electron chi connectivity index (χ0n) is 10.8. The maximum absolute atomic E-state index is 13.2. The third-order valence-electron chi connectivity index (χ3n) is 2.27. The number of esters is 1. The summed E-state index contributed by atoms with van der Waals surface area (Å²) in [5.41, 5.74) is 7.94. The molecule has 0 saturated carbocycles. The molecule has 6 nitrogen and oxygen atoms in total. The van der Waals surface area contributed by atoms with Crippen LogP contribution in [0.2, 0.25) is 0 Å². The standard InChI is InChI=1S/C11H8F5N3O3/c12-6-7(13)9(15)11(10(16)8(6)14)22-5(20)2-1-3-21-4-18-19-17/h1-4H2. The van der Waals surface area contributed by atoms with Gasteiger partial charge in [0.25, 0.3) is 0 Å². The molecule has 0 unspecified atom stereocenters. The Morgan fingerprint density at radius 3 is 2.14 bits per heavy atom. The van der Waals surface area contributed by atoms with Gasteiger partial charge in [0, 0.05) is 17.9 Å². The SMILES string of the molecule is [N-]=[N+]=NCOCCCC(=O)Oc1c(F)c(F)c(F)c(F)c1F. The molecule has 0 spiro atoms. The van der Waals surface area contributed by atoms with Gasteiger partial charge in [-0.3, -0.25) is 4.79 Å². The first-order valence-electron chi connectivity index (χ1n) is 5.70. The van der Waals surface area contributed by atoms with Crippen LogP contribution in [0.4, 0.5) is 22.0 Å². The summed E-state index contributed by atoms with van der Waals surface area (Å²) < 4.78 is 73.8. The lowest BCUT2D eigenvalue weighted by molar-refractivity contribution is -0.135. The number of benzene rings is 1. The van der Waals surface area contributed by atoms with Crippen LogP contribution in [0.1, 0.15) is 12.8 Å². The van der Waals surface area contributed by atoms with Crippen molar-refractivity contribution in [3.05, 3.63) is 39.5 Å². The summed E-state index contributed by atoms with van der Waals surface area (Å²) in [4.78, 5) is 13.7. The van der Waals surface area contributed by atoms with Gasteiger partial charge in [-0.05, 0) is 12.0 Å². The van der Waals surface area contributed by atoms with Crippen molar-refractivity contribution < 1.29 is 36.2 Å². The molecular formula is C11H8F5N3O3. The Balaban J connectivity index is 2.64. The zero-order valence-corrected chi connectivity index (χ0v) is 10.8. The normalized spacial score (nSPS) is 10.2. The molecule has 120 valence electrons. The van der Waals surface area contributed by atoms with Crippen molar-refractivity contribution in [1.29, 1.82) is 0 Å². The molecule has 0 bridgehead atoms. The van der Waals surface area contributed by atoms with Crippen molar-refractivity contribution in [2.24, 2.45) is 5.11 Å². The maximum atomic E-state index is 13.2. The van der Waals surface area contributed by atoms with Gasteiger partial charge >= 0.3 is 5.97 Å². The van der Waals surface area contributed by atoms with Crippen LogP contribution in [0.25, 0.3) is 10.4 Å². The van der Waals surface area contributed by atoms with Crippen LogP contribution in [0.3, 0.4) is 0 Å². The third kappa shape index (κ3) is 4.30. The van der Waals surface area contributed by atoms with Crippen LogP contribution < -0.4 is 4.74 Å². The smallest absolute Gasteiger partial charge is 0.311 e. The van der Waals surface area contributed by atoms with Crippen molar-refractivity contribution in [1.82, 2.24) is 0 Å². The highest BCUT2D eigenvalue weighted by Crippen LogP contribution is 2.29. The van der Waals surface area contributed by atoms with E-state index in [4.69, 9.17) is 10.3 Å². The van der Waals surface area contributed by atoms with E-state index >= 15 is 0 Å². The molecule has 0 aromatic heterocycles. The molecule has 0 radical (unpaired) electrons. The molecule has 0 aliphatic heterocycles. The fraction of sp³-hybridized carbons (Fsp3) is 0.364. The Labute approximate surface area is 120 Å². The van der Waals surface area contributed by atoms with Gasteiger partial charge in [0.2, 0.25) is 34.8 Å². The predicted molar refractivity (Wildman–Crippen MR) is 61.1 cm³/mol. The molecule has 0 N–H and O–H groups in total. The van der Waals surface area contributed by atoms with Crippen LogP contribution in [0, 0.1) is 29.1 Å². The zero-order chi connectivity index (χ0) is 16.7. The molecular weight excluding hydrogens is 317 g/mol. The van der Waals surface area contributed by atoms with Crippen LogP contribution >= 0.6 is 0 Å². The first kappa shape index (κ1) is 17.7. The number of ether oxygens (including phenoxy) is 2. The summed E-state index contributed by atoms with van der Waals surface area (Å²) in [6.07, 6.45) is -0.384. The van der Waals surface area contributed by atoms with Gasteiger partial charge in [-0.2, -0.15) is 8.78 Å². The van der Waals surface area contributed by atoms with E-state index < -0.39 is 47.2 Å². The summed E-state index contributed by atoms with van der Waals surface area (Å²) in [5, 5.41) is 3.03. The van der Waals surface area contributed by atoms with E-state index in [9.17, 15) is 26.7 Å². The number of nitrogens with zero attached hydrogens (tertiary/aromatic N) is 3. The molecule has 0 fully saturated rings. The Hall–Kier alpha value is -2.39. The lowest BCUT2D eigenvalue weighted by Crippen LogP contribution is -2.14. The van der Waals surface area contributed by atoms with Gasteiger partial charge in [-0.25, -0.2) is 13.2 Å². The molecule has 11 heteroatoms. The van der Waals surface area contributed by atoms with Crippen LogP contribution in [0.15, 0.2) is 5.11 Å². The second-order valence-corrected chi connectivity index (χ2v) is 3.74. The Morgan fingerprint density at radius 2 is 1.59 bits per heavy atom. The van der Waals surface area contributed by atoms with Gasteiger partial charge in [0.1, 0.15) is 6.73 Å². The molecule has 0 amide bonds. The fourth-order valence-corrected chi connectivity index (χ4v) is 1.29. The van der Waals surface area contributed by atoms with Gasteiger partial charge < -0.3 is 9.47 Å². The number of azide groups is 1. The largest absolute Gasteiger partial charge is 0.420 e. The van der Waals surface area contributed by atoms with Crippen molar-refractivity contribution in [3.63, 3.8) is 0 Å². The molecule has 1 aromatic carbocycles. The van der Waals surface area contributed by atoms with E-state index in [1.165, 1.54) is 0 Å². The Kier molecular flexibility index (Phi) is 6.54. The first-order chi connectivity index (χ1) is 10.4. The Morgan fingerprint density at radius 1 is 1.05 bits per heavy atom. The van der Waals surface area contributed by atoms with Crippen molar-refractivity contribution in [2.45, 2.75) is 12.8 Å². The highest BCUT2D eigenvalue weighted by atomic mass is 19.2. The lowest BCUT2D eigenvalue weighted by Gasteiger charge is -2.08. The summed E-state index contributed by atoms with van der Waals surface area (Å²) in [5.74, 6) is -14.1. The molecule has 0 atom stereocenters. The molecule has 1 rings (SSSR count). The van der Waals surface area contributed by atoms with E-state index in [2.05, 4.69) is 14.8 Å².